The molecule has 0 atom stereocenters. The van der Waals surface area contributed by atoms with E-state index in [9.17, 15) is 0 Å². The number of phosphoric acid groups is 1. The molecule has 0 unspecified atom stereocenters. The van der Waals surface area contributed by atoms with Crippen molar-refractivity contribution in [3.8, 4) is 0 Å². The zero-order valence-corrected chi connectivity index (χ0v) is 8.37. The fourth-order valence-electron chi connectivity index (χ4n) is 0. The van der Waals surface area contributed by atoms with E-state index < -0.39 is 7.82 Å². The van der Waals surface area contributed by atoms with E-state index in [-0.39, 0.29) is 36.2 Å². The third-order valence-corrected chi connectivity index (χ3v) is 0. The Morgan fingerprint density at radius 2 is 1.25 bits per heavy atom. The van der Waals surface area contributed by atoms with E-state index in [0.717, 1.165) is 0 Å². The first kappa shape index (κ1) is 23.2. The van der Waals surface area contributed by atoms with Crippen molar-refractivity contribution in [3.63, 3.8) is 0 Å². The van der Waals surface area contributed by atoms with Gasteiger partial charge >= 0.3 is 0 Å². The second-order valence-electron chi connectivity index (χ2n) is 0.469. The van der Waals surface area contributed by atoms with Crippen LogP contribution in [0.3, 0.4) is 0 Å². The molecule has 0 saturated heterocycles. The van der Waals surface area contributed by atoms with Gasteiger partial charge < -0.3 is 31.5 Å². The van der Waals surface area contributed by atoms with E-state index in [1.54, 1.807) is 0 Å². The van der Waals surface area contributed by atoms with Crippen molar-refractivity contribution in [3.05, 3.63) is 0 Å². The zero-order valence-electron chi connectivity index (χ0n) is 4.62. The second-order valence-corrected chi connectivity index (χ2v) is 1.41. The fourth-order valence-corrected chi connectivity index (χ4v) is 0. The molecule has 0 aromatic heterocycles. The van der Waals surface area contributed by atoms with Crippen LogP contribution in [0.15, 0.2) is 0 Å². The quantitative estimate of drug-likeness (QED) is 0.342. The van der Waals surface area contributed by atoms with E-state index in [1.165, 1.54) is 0 Å². The summed E-state index contributed by atoms with van der Waals surface area (Å²) in [5, 5.41) is 0. The van der Waals surface area contributed by atoms with Gasteiger partial charge in [0.1, 0.15) is 0 Å². The van der Waals surface area contributed by atoms with Crippen LogP contribution in [0, 0.1) is 0 Å². The maximum Gasteiger partial charge on any atom is 0.0557 e. The van der Waals surface area contributed by atoms with Crippen LogP contribution in [0.2, 0.25) is 0 Å². The van der Waals surface area contributed by atoms with Crippen molar-refractivity contribution in [2.75, 3.05) is 0 Å². The molecule has 8 heteroatoms. The molecule has 0 bridgehead atoms. The molecule has 0 fully saturated rings. The summed E-state index contributed by atoms with van der Waals surface area (Å²) in [5.74, 6) is 0. The molecule has 0 aliphatic carbocycles. The topological polar surface area (TPSA) is 156 Å². The Bertz CT molecular complexity index is 60.2. The third kappa shape index (κ3) is 338. The molecule has 6 nitrogen and oxygen atoms in total. The summed E-state index contributed by atoms with van der Waals surface area (Å²) in [7, 11) is -5.14. The minimum Gasteiger partial charge on any atom is -0.790 e. The van der Waals surface area contributed by atoms with Gasteiger partial charge in [-0.15, -0.1) is 0 Å². The van der Waals surface area contributed by atoms with Gasteiger partial charge in [-0.2, -0.15) is 0 Å². The standard InChI is InChI=1S/2H3N.H3O4P.Sn/c;;1-5(2,3)4;/h2*1H3;(H3,1,2,3,4);. The molecule has 0 spiro atoms. The monoisotopic (exact) mass is 252 g/mol. The van der Waals surface area contributed by atoms with Gasteiger partial charge in [-0.3, -0.25) is 0 Å². The molecule has 0 amide bonds. The van der Waals surface area contributed by atoms with Crippen molar-refractivity contribution in [1.29, 1.82) is 0 Å². The van der Waals surface area contributed by atoms with Crippen LogP contribution >= 0.6 is 7.82 Å². The normalized spacial score (nSPS) is 7.38. The van der Waals surface area contributed by atoms with Crippen LogP contribution in [0.5, 0.6) is 0 Å². The average molecular weight is 251 g/mol. The minimum atomic E-state index is -5.14. The summed E-state index contributed by atoms with van der Waals surface area (Å²) in [6.45, 7) is 0. The summed E-state index contributed by atoms with van der Waals surface area (Å²) in [5.41, 5.74) is 0. The van der Waals surface area contributed by atoms with Gasteiger partial charge in [0.15, 0.2) is 0 Å². The summed E-state index contributed by atoms with van der Waals surface area (Å²) in [4.78, 5) is 24.3. The molecular weight excluding hydrogens is 242 g/mol. The van der Waals surface area contributed by atoms with Crippen molar-refractivity contribution in [1.82, 2.24) is 12.3 Å². The Balaban J connectivity index is -0.0000000267. The van der Waals surface area contributed by atoms with Crippen LogP contribution in [0.25, 0.3) is 0 Å². The largest absolute Gasteiger partial charge is 0.790 e. The van der Waals surface area contributed by atoms with E-state index in [1.807, 2.05) is 0 Å². The second kappa shape index (κ2) is 7.83. The van der Waals surface area contributed by atoms with Gasteiger partial charge in [0.25, 0.3) is 0 Å². The van der Waals surface area contributed by atoms with Crippen LogP contribution in [-0.4, -0.2) is 28.8 Å². The number of quaternary nitrogens is 2. The van der Waals surface area contributed by atoms with E-state index >= 15 is 0 Å². The molecular formula is H9N2O4PSn. The summed E-state index contributed by atoms with van der Waals surface area (Å²) < 4.78 is 8.66. The zero-order chi connectivity index (χ0) is 4.50. The van der Waals surface area contributed by atoms with Gasteiger partial charge in [0.05, 0.1) is 7.82 Å². The van der Waals surface area contributed by atoms with Gasteiger partial charge in [-0.25, -0.2) is 0 Å². The molecule has 0 aliphatic heterocycles. The number of rotatable bonds is 0. The molecule has 52 valence electrons. The molecule has 8 heavy (non-hydrogen) atoms. The number of hydrogen-bond donors (Lipinski definition) is 3. The Morgan fingerprint density at radius 3 is 1.25 bits per heavy atom. The van der Waals surface area contributed by atoms with Crippen molar-refractivity contribution >= 4 is 31.7 Å². The summed E-state index contributed by atoms with van der Waals surface area (Å²) in [6.07, 6.45) is 0. The van der Waals surface area contributed by atoms with Gasteiger partial charge in [-0.1, -0.05) is 0 Å². The molecule has 0 aromatic rings. The van der Waals surface area contributed by atoms with Gasteiger partial charge in [-0.05, 0) is 0 Å². The molecule has 0 aliphatic rings. The fraction of sp³-hybridized carbons (Fsp3) is 0. The maximum absolute atomic E-state index is 8.66. The first-order valence-corrected chi connectivity index (χ1v) is 2.24. The summed E-state index contributed by atoms with van der Waals surface area (Å²) in [6, 6.07) is 0. The third-order valence-electron chi connectivity index (χ3n) is 0. The van der Waals surface area contributed by atoms with Crippen molar-refractivity contribution in [2.45, 2.75) is 0 Å². The Hall–Kier alpha value is 0.829. The average Bonchev–Trinajstić information content (AvgIpc) is 0.722. The van der Waals surface area contributed by atoms with Crippen LogP contribution < -0.4 is 22.1 Å². The minimum absolute atomic E-state index is 0. The molecule has 9 N–H and O–H groups in total. The molecule has 0 aromatic carbocycles. The van der Waals surface area contributed by atoms with E-state index in [2.05, 4.69) is 0 Å². The number of hydrogen-bond acceptors (Lipinski definition) is 3. The van der Waals surface area contributed by atoms with Crippen molar-refractivity contribution in [2.24, 2.45) is 0 Å². The van der Waals surface area contributed by atoms with Crippen molar-refractivity contribution < 1.29 is 19.2 Å². The first-order valence-electron chi connectivity index (χ1n) is 0.748. The Labute approximate surface area is 63.7 Å². The molecule has 0 saturated carbocycles. The van der Waals surface area contributed by atoms with Crippen LogP contribution in [0.4, 0.5) is 0 Å². The van der Waals surface area contributed by atoms with E-state index in [4.69, 9.17) is 19.2 Å². The molecule has 0 rings (SSSR count). The summed E-state index contributed by atoms with van der Waals surface area (Å²) >= 11 is 0. The Morgan fingerprint density at radius 1 is 1.25 bits per heavy atom. The smallest absolute Gasteiger partial charge is 0.0557 e. The maximum atomic E-state index is 8.66. The molecule has 0 heterocycles. The Kier molecular flexibility index (Phi) is 22.7. The van der Waals surface area contributed by atoms with Gasteiger partial charge in [0.2, 0.25) is 0 Å². The predicted molar refractivity (Wildman–Crippen MR) is 27.5 cm³/mol. The van der Waals surface area contributed by atoms with Gasteiger partial charge in [0, 0.05) is 23.9 Å². The molecule has 4 radical (unpaired) electrons. The van der Waals surface area contributed by atoms with E-state index in [0.29, 0.717) is 0 Å². The van der Waals surface area contributed by atoms with Crippen LogP contribution in [0.1, 0.15) is 0 Å². The predicted octanol–water partition coefficient (Wildman–Crippen LogP) is -1.82. The van der Waals surface area contributed by atoms with Crippen LogP contribution in [-0.2, 0) is 4.57 Å². The SMILES string of the molecule is O=P([O-])([O-])O.[NH4+].[NH4+].[Sn]. The first-order chi connectivity index (χ1) is 2.00.